The molecule has 1 N–H and O–H groups in total. The van der Waals surface area contributed by atoms with Crippen molar-refractivity contribution in [2.45, 2.75) is 32.4 Å². The van der Waals surface area contributed by atoms with Crippen LogP contribution in [0.25, 0.3) is 0 Å². The van der Waals surface area contributed by atoms with Gasteiger partial charge in [-0.1, -0.05) is 11.6 Å². The van der Waals surface area contributed by atoms with Gasteiger partial charge in [0.25, 0.3) is 0 Å². The molecule has 1 saturated heterocycles. The number of aromatic nitrogens is 5. The highest BCUT2D eigenvalue weighted by molar-refractivity contribution is 6.30. The van der Waals surface area contributed by atoms with E-state index in [0.717, 1.165) is 37.4 Å². The van der Waals surface area contributed by atoms with Crippen molar-refractivity contribution < 1.29 is 13.9 Å². The molecule has 2 aromatic heterocycles. The number of nitrogens with one attached hydrogen (secondary N) is 1. The van der Waals surface area contributed by atoms with Crippen LogP contribution in [0.4, 0.5) is 16.2 Å². The van der Waals surface area contributed by atoms with E-state index in [0.29, 0.717) is 42.7 Å². The highest BCUT2D eigenvalue weighted by Crippen LogP contribution is 2.40. The SMILES string of the molecule is COCCn1nc(N[C@@H]2[C@@H]3CC[C@H]2CN(c2cc(C)ncn2)C3)nc1Oc1ccc(F)c(Cl)c1. The van der Waals surface area contributed by atoms with E-state index in [9.17, 15) is 4.39 Å². The highest BCUT2D eigenvalue weighted by Gasteiger charge is 2.43. The van der Waals surface area contributed by atoms with Gasteiger partial charge in [0.05, 0.1) is 18.2 Å². The maximum absolute atomic E-state index is 13.5. The molecule has 9 nitrogen and oxygen atoms in total. The summed E-state index contributed by atoms with van der Waals surface area (Å²) >= 11 is 5.90. The third kappa shape index (κ3) is 4.78. The third-order valence-electron chi connectivity index (χ3n) is 6.49. The fraction of sp³-hybridized carbons (Fsp3) is 0.478. The molecule has 1 saturated carbocycles. The maximum atomic E-state index is 13.5. The molecule has 1 aliphatic carbocycles. The summed E-state index contributed by atoms with van der Waals surface area (Å²) in [5.74, 6) is 2.29. The van der Waals surface area contributed by atoms with E-state index in [-0.39, 0.29) is 11.1 Å². The van der Waals surface area contributed by atoms with Crippen LogP contribution in [0.15, 0.2) is 30.6 Å². The van der Waals surface area contributed by atoms with Crippen LogP contribution in [0, 0.1) is 24.6 Å². The van der Waals surface area contributed by atoms with E-state index in [4.69, 9.17) is 21.1 Å². The number of halogens is 2. The van der Waals surface area contributed by atoms with Gasteiger partial charge in [0.2, 0.25) is 5.95 Å². The van der Waals surface area contributed by atoms with Gasteiger partial charge in [-0.25, -0.2) is 19.0 Å². The van der Waals surface area contributed by atoms with Crippen molar-refractivity contribution in [1.82, 2.24) is 24.7 Å². The molecule has 2 fully saturated rings. The number of rotatable bonds is 8. The average Bonchev–Trinajstić information content (AvgIpc) is 3.29. The molecular weight excluding hydrogens is 461 g/mol. The number of piperidine rings is 1. The molecule has 3 aromatic rings. The summed E-state index contributed by atoms with van der Waals surface area (Å²) in [6.45, 7) is 4.75. The molecular formula is C23H27ClFN7O2. The van der Waals surface area contributed by atoms with Crippen molar-refractivity contribution in [3.05, 3.63) is 47.1 Å². The van der Waals surface area contributed by atoms with E-state index < -0.39 is 5.82 Å². The Kier molecular flexibility index (Phi) is 6.51. The molecule has 0 spiro atoms. The Hall–Kier alpha value is -2.98. The Balaban J connectivity index is 1.31. The lowest BCUT2D eigenvalue weighted by Crippen LogP contribution is -2.48. The number of hydrogen-bond acceptors (Lipinski definition) is 8. The molecule has 5 rings (SSSR count). The van der Waals surface area contributed by atoms with E-state index in [2.05, 4.69) is 30.3 Å². The number of nitrogens with zero attached hydrogens (tertiary/aromatic N) is 6. The van der Waals surface area contributed by atoms with Crippen LogP contribution in [-0.4, -0.2) is 57.6 Å². The minimum atomic E-state index is -0.504. The zero-order valence-electron chi connectivity index (χ0n) is 19.1. The molecule has 2 bridgehead atoms. The first-order valence-electron chi connectivity index (χ1n) is 11.4. The summed E-state index contributed by atoms with van der Waals surface area (Å²) in [7, 11) is 1.63. The van der Waals surface area contributed by atoms with Crippen molar-refractivity contribution >= 4 is 23.4 Å². The number of anilines is 2. The first-order valence-corrected chi connectivity index (χ1v) is 11.7. The Morgan fingerprint density at radius 3 is 2.68 bits per heavy atom. The maximum Gasteiger partial charge on any atom is 0.322 e. The largest absolute Gasteiger partial charge is 0.424 e. The molecule has 1 aromatic carbocycles. The van der Waals surface area contributed by atoms with E-state index in [1.807, 2.05) is 13.0 Å². The van der Waals surface area contributed by atoms with E-state index >= 15 is 0 Å². The molecule has 180 valence electrons. The van der Waals surface area contributed by atoms with Gasteiger partial charge in [-0.15, -0.1) is 5.10 Å². The van der Waals surface area contributed by atoms with Crippen LogP contribution in [0.1, 0.15) is 18.5 Å². The Bertz CT molecular complexity index is 1150. The van der Waals surface area contributed by atoms with Gasteiger partial charge in [-0.2, -0.15) is 4.98 Å². The van der Waals surface area contributed by atoms with Gasteiger partial charge in [0.15, 0.2) is 0 Å². The zero-order chi connectivity index (χ0) is 23.7. The van der Waals surface area contributed by atoms with Crippen molar-refractivity contribution in [1.29, 1.82) is 0 Å². The Labute approximate surface area is 202 Å². The molecule has 2 aliphatic rings. The lowest BCUT2D eigenvalue weighted by atomic mass is 9.92. The van der Waals surface area contributed by atoms with Crippen LogP contribution in [-0.2, 0) is 11.3 Å². The minimum absolute atomic E-state index is 0.0129. The molecule has 0 radical (unpaired) electrons. The topological polar surface area (TPSA) is 90.2 Å². The predicted molar refractivity (Wildman–Crippen MR) is 126 cm³/mol. The summed E-state index contributed by atoms with van der Waals surface area (Å²) in [6.07, 6.45) is 3.92. The molecule has 11 heteroatoms. The van der Waals surface area contributed by atoms with Crippen molar-refractivity contribution in [3.8, 4) is 11.8 Å². The fourth-order valence-electron chi connectivity index (χ4n) is 4.84. The van der Waals surface area contributed by atoms with Gasteiger partial charge in [-0.05, 0) is 43.7 Å². The molecule has 3 heterocycles. The van der Waals surface area contributed by atoms with Crippen LogP contribution in [0.3, 0.4) is 0 Å². The number of hydrogen-bond donors (Lipinski definition) is 1. The molecule has 0 amide bonds. The number of ether oxygens (including phenoxy) is 2. The minimum Gasteiger partial charge on any atom is -0.424 e. The predicted octanol–water partition coefficient (Wildman–Crippen LogP) is 3.93. The second kappa shape index (κ2) is 9.71. The van der Waals surface area contributed by atoms with Gasteiger partial charge >= 0.3 is 6.01 Å². The van der Waals surface area contributed by atoms with Crippen molar-refractivity contribution in [2.75, 3.05) is 37.0 Å². The zero-order valence-corrected chi connectivity index (χ0v) is 19.9. The van der Waals surface area contributed by atoms with Crippen LogP contribution < -0.4 is 15.0 Å². The van der Waals surface area contributed by atoms with Gasteiger partial charge in [0.1, 0.15) is 23.7 Å². The third-order valence-corrected chi connectivity index (χ3v) is 6.78. The second-order valence-electron chi connectivity index (χ2n) is 8.80. The summed E-state index contributed by atoms with van der Waals surface area (Å²) in [6, 6.07) is 6.79. The number of benzene rings is 1. The highest BCUT2D eigenvalue weighted by atomic mass is 35.5. The lowest BCUT2D eigenvalue weighted by Gasteiger charge is -2.38. The quantitative estimate of drug-likeness (QED) is 0.511. The van der Waals surface area contributed by atoms with E-state index in [1.54, 1.807) is 18.1 Å². The van der Waals surface area contributed by atoms with Gasteiger partial charge in [-0.3, -0.25) is 0 Å². The fourth-order valence-corrected chi connectivity index (χ4v) is 5.01. The number of methoxy groups -OCH3 is 1. The molecule has 3 atom stereocenters. The monoisotopic (exact) mass is 487 g/mol. The first-order chi connectivity index (χ1) is 16.5. The first kappa shape index (κ1) is 22.8. The summed E-state index contributed by atoms with van der Waals surface area (Å²) in [5, 5.41) is 8.16. The smallest absolute Gasteiger partial charge is 0.322 e. The van der Waals surface area contributed by atoms with Gasteiger partial charge < -0.3 is 19.7 Å². The van der Waals surface area contributed by atoms with Gasteiger partial charge in [0, 0.05) is 44.1 Å². The normalized spacial score (nSPS) is 21.6. The molecule has 34 heavy (non-hydrogen) atoms. The summed E-state index contributed by atoms with van der Waals surface area (Å²) in [5.41, 5.74) is 0.971. The average molecular weight is 488 g/mol. The Morgan fingerprint density at radius 2 is 1.97 bits per heavy atom. The molecule has 0 unspecified atom stereocenters. The number of fused-ring (bicyclic) bond motifs is 2. The molecule has 1 aliphatic heterocycles. The van der Waals surface area contributed by atoms with Crippen LogP contribution in [0.5, 0.6) is 11.8 Å². The van der Waals surface area contributed by atoms with Crippen molar-refractivity contribution in [2.24, 2.45) is 11.8 Å². The van der Waals surface area contributed by atoms with Crippen LogP contribution >= 0.6 is 11.6 Å². The Morgan fingerprint density at radius 1 is 1.18 bits per heavy atom. The summed E-state index contributed by atoms with van der Waals surface area (Å²) < 4.78 is 26.3. The van der Waals surface area contributed by atoms with Crippen molar-refractivity contribution in [3.63, 3.8) is 0 Å². The standard InChI is InChI=1S/C23H27ClFN7O2/c1-14-9-20(27-13-26-14)31-11-15-3-4-16(12-31)21(15)28-22-29-23(32(30-22)7-8-33-2)34-17-5-6-19(25)18(24)10-17/h5-6,9-10,13,15-16,21H,3-4,7-8,11-12H2,1-2H3,(H,28,30)/t15-,16+,21-. The number of aryl methyl sites for hydroxylation is 1. The van der Waals surface area contributed by atoms with Crippen LogP contribution in [0.2, 0.25) is 5.02 Å². The summed E-state index contributed by atoms with van der Waals surface area (Å²) in [4.78, 5) is 15.6. The lowest BCUT2D eigenvalue weighted by molar-refractivity contribution is 0.179. The second-order valence-corrected chi connectivity index (χ2v) is 9.21. The van der Waals surface area contributed by atoms with E-state index in [1.165, 1.54) is 18.2 Å².